The third kappa shape index (κ3) is 3.41. The van der Waals surface area contributed by atoms with Crippen molar-refractivity contribution in [2.45, 2.75) is 25.9 Å². The highest BCUT2D eigenvalue weighted by atomic mass is 32.2. The van der Waals surface area contributed by atoms with Gasteiger partial charge in [-0.15, -0.1) is 11.8 Å². The second-order valence-corrected chi connectivity index (χ2v) is 7.46. The lowest BCUT2D eigenvalue weighted by atomic mass is 10.0. The average Bonchev–Trinajstić information content (AvgIpc) is 3.27. The van der Waals surface area contributed by atoms with Crippen LogP contribution in [0.5, 0.6) is 0 Å². The highest BCUT2D eigenvalue weighted by Gasteiger charge is 2.37. The van der Waals surface area contributed by atoms with E-state index in [9.17, 15) is 14.4 Å². The second-order valence-electron chi connectivity index (χ2n) is 6.46. The maximum absolute atomic E-state index is 13.0. The molecule has 138 valence electrons. The molecule has 7 nitrogen and oxygen atoms in total. The number of aromatic nitrogens is 1. The first-order chi connectivity index (χ1) is 12.4. The molecule has 8 heteroatoms. The molecule has 0 bridgehead atoms. The fourth-order valence-electron chi connectivity index (χ4n) is 2.92. The number of fused-ring (bicyclic) bond motifs is 1. The van der Waals surface area contributed by atoms with E-state index < -0.39 is 24.0 Å². The molecule has 1 aromatic carbocycles. The number of carboxylic acid groups (broad SMARTS) is 1. The van der Waals surface area contributed by atoms with Gasteiger partial charge in [0.15, 0.2) is 0 Å². The Morgan fingerprint density at radius 2 is 2.04 bits per heavy atom. The summed E-state index contributed by atoms with van der Waals surface area (Å²) in [6, 6.07) is 6.39. The molecule has 3 rings (SSSR count). The van der Waals surface area contributed by atoms with Crippen LogP contribution in [0.1, 0.15) is 24.2 Å². The zero-order valence-electron chi connectivity index (χ0n) is 14.6. The van der Waals surface area contributed by atoms with Gasteiger partial charge in [-0.2, -0.15) is 0 Å². The molecule has 2 amide bonds. The van der Waals surface area contributed by atoms with Crippen LogP contribution in [-0.2, 0) is 9.59 Å². The third-order valence-corrected chi connectivity index (χ3v) is 5.79. The van der Waals surface area contributed by atoms with Crippen molar-refractivity contribution in [2.24, 2.45) is 5.92 Å². The molecular weight excluding hydrogens is 354 g/mol. The van der Waals surface area contributed by atoms with Gasteiger partial charge in [-0.3, -0.25) is 14.4 Å². The first-order valence-corrected chi connectivity index (χ1v) is 9.53. The number of rotatable bonds is 5. The van der Waals surface area contributed by atoms with Crippen molar-refractivity contribution in [3.8, 4) is 0 Å². The predicted octanol–water partition coefficient (Wildman–Crippen LogP) is 1.91. The fraction of sp³-hybridized carbons (Fsp3) is 0.389. The van der Waals surface area contributed by atoms with Gasteiger partial charge in [-0.1, -0.05) is 18.2 Å². The lowest BCUT2D eigenvalue weighted by molar-refractivity contribution is -0.142. The third-order valence-electron chi connectivity index (χ3n) is 4.77. The molecule has 3 N–H and O–H groups in total. The van der Waals surface area contributed by atoms with Gasteiger partial charge in [-0.25, -0.2) is 0 Å². The zero-order valence-corrected chi connectivity index (χ0v) is 15.4. The van der Waals surface area contributed by atoms with E-state index in [1.165, 1.54) is 11.8 Å². The Morgan fingerprint density at radius 3 is 2.77 bits per heavy atom. The highest BCUT2D eigenvalue weighted by molar-refractivity contribution is 7.99. The van der Waals surface area contributed by atoms with Crippen LogP contribution >= 0.6 is 11.8 Å². The smallest absolute Gasteiger partial charge is 0.308 e. The predicted molar refractivity (Wildman–Crippen MR) is 100.0 cm³/mol. The number of benzene rings is 1. The molecule has 2 heterocycles. The maximum Gasteiger partial charge on any atom is 0.308 e. The van der Waals surface area contributed by atoms with Crippen molar-refractivity contribution in [1.29, 1.82) is 0 Å². The molecule has 3 atom stereocenters. The van der Waals surface area contributed by atoms with E-state index in [1.807, 2.05) is 24.3 Å². The van der Waals surface area contributed by atoms with Crippen molar-refractivity contribution in [3.63, 3.8) is 0 Å². The van der Waals surface area contributed by atoms with Crippen LogP contribution in [0.4, 0.5) is 0 Å². The van der Waals surface area contributed by atoms with Crippen LogP contribution in [0.2, 0.25) is 0 Å². The molecule has 1 saturated heterocycles. The van der Waals surface area contributed by atoms with Crippen LogP contribution in [0, 0.1) is 5.92 Å². The summed E-state index contributed by atoms with van der Waals surface area (Å²) in [4.78, 5) is 41.3. The van der Waals surface area contributed by atoms with E-state index in [2.05, 4.69) is 10.3 Å². The van der Waals surface area contributed by atoms with Crippen molar-refractivity contribution in [3.05, 3.63) is 36.0 Å². The van der Waals surface area contributed by atoms with Crippen LogP contribution in [-0.4, -0.2) is 56.5 Å². The molecule has 0 aliphatic carbocycles. The second kappa shape index (κ2) is 7.41. The number of nitrogens with zero attached hydrogens (tertiary/aromatic N) is 1. The standard InChI is InChI=1S/C18H21N3O4S/c1-10(18(24)25)11(2)20-16(22)15-8-26-9-21(15)17(23)13-7-19-14-6-4-3-5-12(13)14/h3-7,10-11,15,19H,8-9H2,1-2H3,(H,20,22)(H,24,25). The lowest BCUT2D eigenvalue weighted by Crippen LogP contribution is -2.51. The Labute approximate surface area is 155 Å². The van der Waals surface area contributed by atoms with E-state index in [1.54, 1.807) is 24.9 Å². The number of aliphatic carboxylic acids is 1. The molecule has 1 aromatic heterocycles. The van der Waals surface area contributed by atoms with Gasteiger partial charge in [0.1, 0.15) is 6.04 Å². The number of nitrogens with one attached hydrogen (secondary N) is 2. The Morgan fingerprint density at radius 1 is 1.31 bits per heavy atom. The summed E-state index contributed by atoms with van der Waals surface area (Å²) in [5.41, 5.74) is 1.40. The van der Waals surface area contributed by atoms with Gasteiger partial charge < -0.3 is 20.3 Å². The summed E-state index contributed by atoms with van der Waals surface area (Å²) < 4.78 is 0. The Bertz CT molecular complexity index is 850. The minimum Gasteiger partial charge on any atom is -0.481 e. The minimum absolute atomic E-state index is 0.202. The lowest BCUT2D eigenvalue weighted by Gasteiger charge is -2.25. The van der Waals surface area contributed by atoms with Crippen molar-refractivity contribution < 1.29 is 19.5 Å². The van der Waals surface area contributed by atoms with Crippen LogP contribution < -0.4 is 5.32 Å². The normalized spacial score (nSPS) is 19.3. The largest absolute Gasteiger partial charge is 0.481 e. The summed E-state index contributed by atoms with van der Waals surface area (Å²) in [5, 5.41) is 12.6. The van der Waals surface area contributed by atoms with E-state index >= 15 is 0 Å². The van der Waals surface area contributed by atoms with Gasteiger partial charge in [0.25, 0.3) is 5.91 Å². The van der Waals surface area contributed by atoms with Gasteiger partial charge in [0, 0.05) is 28.9 Å². The number of para-hydroxylation sites is 1. The molecule has 0 saturated carbocycles. The Balaban J connectivity index is 1.76. The summed E-state index contributed by atoms with van der Waals surface area (Å²) >= 11 is 1.51. The Kier molecular flexibility index (Phi) is 5.22. The molecule has 1 fully saturated rings. The van der Waals surface area contributed by atoms with E-state index in [0.717, 1.165) is 10.9 Å². The summed E-state index contributed by atoms with van der Waals surface area (Å²) in [6.45, 7) is 3.20. The van der Waals surface area contributed by atoms with Crippen LogP contribution in [0.3, 0.4) is 0 Å². The molecule has 1 aliphatic rings. The summed E-state index contributed by atoms with van der Waals surface area (Å²) in [6.07, 6.45) is 1.67. The number of hydrogen-bond acceptors (Lipinski definition) is 4. The molecule has 26 heavy (non-hydrogen) atoms. The SMILES string of the molecule is CC(NC(=O)C1CSCN1C(=O)c1c[nH]c2ccccc12)C(C)C(=O)O. The topological polar surface area (TPSA) is 103 Å². The molecule has 2 aromatic rings. The number of aromatic amines is 1. The van der Waals surface area contributed by atoms with Gasteiger partial charge in [0.05, 0.1) is 17.4 Å². The van der Waals surface area contributed by atoms with Gasteiger partial charge >= 0.3 is 5.97 Å². The van der Waals surface area contributed by atoms with Crippen molar-refractivity contribution in [1.82, 2.24) is 15.2 Å². The minimum atomic E-state index is -0.967. The Hall–Kier alpha value is -2.48. The molecule has 3 unspecified atom stereocenters. The number of thioether (sulfide) groups is 1. The monoisotopic (exact) mass is 375 g/mol. The zero-order chi connectivity index (χ0) is 18.8. The molecular formula is C18H21N3O4S. The number of hydrogen-bond donors (Lipinski definition) is 3. The number of H-pyrrole nitrogens is 1. The van der Waals surface area contributed by atoms with Crippen molar-refractivity contribution >= 4 is 40.4 Å². The summed E-state index contributed by atoms with van der Waals surface area (Å²) in [7, 11) is 0. The molecule has 1 aliphatic heterocycles. The molecule has 0 spiro atoms. The van der Waals surface area contributed by atoms with E-state index in [-0.39, 0.29) is 11.8 Å². The van der Waals surface area contributed by atoms with Gasteiger partial charge in [-0.05, 0) is 19.9 Å². The highest BCUT2D eigenvalue weighted by Crippen LogP contribution is 2.26. The van der Waals surface area contributed by atoms with Gasteiger partial charge in [0.2, 0.25) is 5.91 Å². The number of carbonyl (C=O) groups is 3. The fourth-order valence-corrected chi connectivity index (χ4v) is 4.08. The van der Waals surface area contributed by atoms with E-state index in [4.69, 9.17) is 5.11 Å². The number of amides is 2. The molecule has 0 radical (unpaired) electrons. The average molecular weight is 375 g/mol. The van der Waals surface area contributed by atoms with E-state index in [0.29, 0.717) is 17.2 Å². The maximum atomic E-state index is 13.0. The first-order valence-electron chi connectivity index (χ1n) is 8.38. The first kappa shape index (κ1) is 18.3. The van der Waals surface area contributed by atoms with Crippen molar-refractivity contribution in [2.75, 3.05) is 11.6 Å². The number of carboxylic acids is 1. The summed E-state index contributed by atoms with van der Waals surface area (Å²) in [5.74, 6) is -1.26. The van der Waals surface area contributed by atoms with Crippen LogP contribution in [0.15, 0.2) is 30.5 Å². The van der Waals surface area contributed by atoms with Crippen LogP contribution in [0.25, 0.3) is 10.9 Å². The number of carbonyl (C=O) groups excluding carboxylic acids is 2. The quantitative estimate of drug-likeness (QED) is 0.741.